The molecule has 0 bridgehead atoms. The van der Waals surface area contributed by atoms with Gasteiger partial charge in [-0.15, -0.1) is 0 Å². The zero-order valence-corrected chi connectivity index (χ0v) is 7.51. The van der Waals surface area contributed by atoms with Crippen molar-refractivity contribution in [3.8, 4) is 0 Å². The van der Waals surface area contributed by atoms with Crippen molar-refractivity contribution in [1.29, 1.82) is 0 Å². The molecule has 70 valence electrons. The Morgan fingerprint density at radius 3 is 2.75 bits per heavy atom. The van der Waals surface area contributed by atoms with Crippen molar-refractivity contribution in [2.45, 2.75) is 25.4 Å². The topological polar surface area (TPSA) is 47.3 Å². The second-order valence-electron chi connectivity index (χ2n) is 3.96. The summed E-state index contributed by atoms with van der Waals surface area (Å²) < 4.78 is 5.64. The minimum absolute atomic E-state index is 0.333. The molecule has 0 radical (unpaired) electrons. The first kappa shape index (κ1) is 8.48. The molecule has 1 atom stereocenters. The van der Waals surface area contributed by atoms with Crippen LogP contribution in [-0.2, 0) is 4.74 Å². The lowest BCUT2D eigenvalue weighted by Crippen LogP contribution is -2.44. The molecule has 0 aromatic heterocycles. The van der Waals surface area contributed by atoms with E-state index in [0.29, 0.717) is 18.1 Å². The highest BCUT2D eigenvalue weighted by Gasteiger charge is 2.43. The second kappa shape index (κ2) is 3.32. The summed E-state index contributed by atoms with van der Waals surface area (Å²) in [5.41, 5.74) is 6.12. The number of nitrogens with two attached hydrogens (primary N) is 1. The quantitative estimate of drug-likeness (QED) is 0.587. The predicted molar refractivity (Wildman–Crippen MR) is 47.9 cm³/mol. The maximum absolute atomic E-state index is 5.69. The molecule has 12 heavy (non-hydrogen) atoms. The average molecular weight is 170 g/mol. The first-order valence-corrected chi connectivity index (χ1v) is 4.90. The van der Waals surface area contributed by atoms with Crippen LogP contribution < -0.4 is 11.1 Å². The van der Waals surface area contributed by atoms with Crippen LogP contribution in [0.5, 0.6) is 0 Å². The smallest absolute Gasteiger partial charge is 0.0755 e. The molecule has 3 N–H and O–H groups in total. The molecule has 3 nitrogen and oxygen atoms in total. The van der Waals surface area contributed by atoms with Crippen LogP contribution in [-0.4, -0.2) is 32.3 Å². The Morgan fingerprint density at radius 1 is 1.33 bits per heavy atom. The lowest BCUT2D eigenvalue weighted by molar-refractivity contribution is 0.0387. The number of nitrogens with one attached hydrogen (secondary N) is 1. The fraction of sp³-hybridized carbons (Fsp3) is 1.00. The Kier molecular flexibility index (Phi) is 2.35. The van der Waals surface area contributed by atoms with Crippen LogP contribution in [0.2, 0.25) is 0 Å². The van der Waals surface area contributed by atoms with E-state index in [1.54, 1.807) is 0 Å². The molecule has 2 aliphatic rings. The third-order valence-electron chi connectivity index (χ3n) is 3.42. The SMILES string of the molecule is NCC1OCCC12CCNCC2. The highest BCUT2D eigenvalue weighted by molar-refractivity contribution is 4.95. The summed E-state index contributed by atoms with van der Waals surface area (Å²) in [5, 5.41) is 3.38. The third kappa shape index (κ3) is 1.26. The number of hydrogen-bond donors (Lipinski definition) is 2. The molecule has 0 saturated carbocycles. The normalized spacial score (nSPS) is 34.2. The van der Waals surface area contributed by atoms with E-state index in [-0.39, 0.29) is 0 Å². The molecule has 2 heterocycles. The van der Waals surface area contributed by atoms with Crippen LogP contribution in [0.4, 0.5) is 0 Å². The van der Waals surface area contributed by atoms with E-state index in [1.807, 2.05) is 0 Å². The lowest BCUT2D eigenvalue weighted by atomic mass is 9.73. The van der Waals surface area contributed by atoms with Gasteiger partial charge in [0.1, 0.15) is 0 Å². The summed E-state index contributed by atoms with van der Waals surface area (Å²) in [6.45, 7) is 3.89. The zero-order chi connectivity index (χ0) is 8.44. The Hall–Kier alpha value is -0.120. The molecule has 3 heteroatoms. The van der Waals surface area contributed by atoms with E-state index in [4.69, 9.17) is 10.5 Å². The van der Waals surface area contributed by atoms with Crippen molar-refractivity contribution in [3.63, 3.8) is 0 Å². The zero-order valence-electron chi connectivity index (χ0n) is 7.51. The van der Waals surface area contributed by atoms with Crippen LogP contribution in [0.15, 0.2) is 0 Å². The van der Waals surface area contributed by atoms with Crippen molar-refractivity contribution in [2.24, 2.45) is 11.1 Å². The van der Waals surface area contributed by atoms with E-state index < -0.39 is 0 Å². The second-order valence-corrected chi connectivity index (χ2v) is 3.96. The van der Waals surface area contributed by atoms with E-state index in [0.717, 1.165) is 19.7 Å². The fourth-order valence-electron chi connectivity index (χ4n) is 2.56. The third-order valence-corrected chi connectivity index (χ3v) is 3.42. The number of piperidine rings is 1. The monoisotopic (exact) mass is 170 g/mol. The highest BCUT2D eigenvalue weighted by Crippen LogP contribution is 2.41. The number of rotatable bonds is 1. The fourth-order valence-corrected chi connectivity index (χ4v) is 2.56. The average Bonchev–Trinajstić information content (AvgIpc) is 2.49. The summed E-state index contributed by atoms with van der Waals surface area (Å²) in [5.74, 6) is 0. The molecule has 0 aliphatic carbocycles. The molecule has 1 spiro atoms. The van der Waals surface area contributed by atoms with Crippen LogP contribution in [0.1, 0.15) is 19.3 Å². The van der Waals surface area contributed by atoms with Gasteiger partial charge in [-0.25, -0.2) is 0 Å². The number of hydrogen-bond acceptors (Lipinski definition) is 3. The molecule has 0 amide bonds. The molecular formula is C9H18N2O. The molecule has 2 saturated heterocycles. The first-order valence-electron chi connectivity index (χ1n) is 4.90. The highest BCUT2D eigenvalue weighted by atomic mass is 16.5. The van der Waals surface area contributed by atoms with Crippen LogP contribution in [0, 0.1) is 5.41 Å². The van der Waals surface area contributed by atoms with E-state index in [2.05, 4.69) is 5.32 Å². The molecule has 2 fully saturated rings. The van der Waals surface area contributed by atoms with Crippen molar-refractivity contribution >= 4 is 0 Å². The van der Waals surface area contributed by atoms with Gasteiger partial charge in [0.15, 0.2) is 0 Å². The van der Waals surface area contributed by atoms with Crippen molar-refractivity contribution in [3.05, 3.63) is 0 Å². The van der Waals surface area contributed by atoms with Crippen LogP contribution >= 0.6 is 0 Å². The largest absolute Gasteiger partial charge is 0.376 e. The molecule has 2 rings (SSSR count). The van der Waals surface area contributed by atoms with E-state index in [1.165, 1.54) is 19.3 Å². The molecule has 1 unspecified atom stereocenters. The Morgan fingerprint density at radius 2 is 2.08 bits per heavy atom. The summed E-state index contributed by atoms with van der Waals surface area (Å²) >= 11 is 0. The standard InChI is InChI=1S/C9H18N2O/c10-7-8-9(3-6-12-8)1-4-11-5-2-9/h8,11H,1-7,10H2. The summed E-state index contributed by atoms with van der Waals surface area (Å²) in [6.07, 6.45) is 4.04. The Bertz CT molecular complexity index is 155. The van der Waals surface area contributed by atoms with Gasteiger partial charge in [0.25, 0.3) is 0 Å². The van der Waals surface area contributed by atoms with Gasteiger partial charge in [0, 0.05) is 18.6 Å². The van der Waals surface area contributed by atoms with Gasteiger partial charge in [0.2, 0.25) is 0 Å². The van der Waals surface area contributed by atoms with Gasteiger partial charge >= 0.3 is 0 Å². The first-order chi connectivity index (χ1) is 5.87. The summed E-state index contributed by atoms with van der Waals surface area (Å²) in [6, 6.07) is 0. The van der Waals surface area contributed by atoms with Gasteiger partial charge in [0.05, 0.1) is 6.10 Å². The van der Waals surface area contributed by atoms with Gasteiger partial charge < -0.3 is 15.8 Å². The summed E-state index contributed by atoms with van der Waals surface area (Å²) in [7, 11) is 0. The van der Waals surface area contributed by atoms with Crippen molar-refractivity contribution < 1.29 is 4.74 Å². The van der Waals surface area contributed by atoms with Gasteiger partial charge in [-0.3, -0.25) is 0 Å². The maximum atomic E-state index is 5.69. The molecule has 0 aromatic carbocycles. The van der Waals surface area contributed by atoms with Gasteiger partial charge in [-0.05, 0) is 32.4 Å². The predicted octanol–water partition coefficient (Wildman–Crippen LogP) is 0.104. The van der Waals surface area contributed by atoms with Crippen LogP contribution in [0.25, 0.3) is 0 Å². The van der Waals surface area contributed by atoms with Crippen molar-refractivity contribution in [2.75, 3.05) is 26.2 Å². The van der Waals surface area contributed by atoms with E-state index in [9.17, 15) is 0 Å². The maximum Gasteiger partial charge on any atom is 0.0755 e. The minimum atomic E-state index is 0.333. The van der Waals surface area contributed by atoms with Crippen LogP contribution in [0.3, 0.4) is 0 Å². The number of ether oxygens (including phenoxy) is 1. The van der Waals surface area contributed by atoms with Gasteiger partial charge in [-0.2, -0.15) is 0 Å². The minimum Gasteiger partial charge on any atom is -0.376 e. The molecule has 0 aromatic rings. The Balaban J connectivity index is 2.05. The Labute approximate surface area is 73.7 Å². The lowest BCUT2D eigenvalue weighted by Gasteiger charge is -2.37. The van der Waals surface area contributed by atoms with Gasteiger partial charge in [-0.1, -0.05) is 0 Å². The molecular weight excluding hydrogens is 152 g/mol. The molecule has 2 aliphatic heterocycles. The summed E-state index contributed by atoms with van der Waals surface area (Å²) in [4.78, 5) is 0. The van der Waals surface area contributed by atoms with E-state index >= 15 is 0 Å². The van der Waals surface area contributed by atoms with Crippen molar-refractivity contribution in [1.82, 2.24) is 5.32 Å².